The monoisotopic (exact) mass is 629 g/mol. The predicted molar refractivity (Wildman–Crippen MR) is 171 cm³/mol. The minimum atomic E-state index is -1.16. The van der Waals surface area contributed by atoms with Crippen LogP contribution in [-0.4, -0.2) is 51.9 Å². The Morgan fingerprint density at radius 1 is 0.844 bits per heavy atom. The van der Waals surface area contributed by atoms with Gasteiger partial charge in [0.15, 0.2) is 5.01 Å². The number of carboxylic acid groups (broad SMARTS) is 1. The first-order valence-electron chi connectivity index (χ1n) is 14.7. The lowest BCUT2D eigenvalue weighted by molar-refractivity contribution is -0.137. The van der Waals surface area contributed by atoms with E-state index in [1.807, 2.05) is 0 Å². The van der Waals surface area contributed by atoms with Crippen LogP contribution in [0.1, 0.15) is 75.1 Å². The SMILES string of the molecule is CCCCCCCOc1ccc(C(=O)Oc2ccc(CN(CC(=O)O)C(=O)c3ccc(NC(=O)c4nccs4)cc3)cc2)cc1. The summed E-state index contributed by atoms with van der Waals surface area (Å²) in [5.41, 5.74) is 1.76. The van der Waals surface area contributed by atoms with Crippen LogP contribution in [0.15, 0.2) is 84.4 Å². The molecule has 0 aliphatic heterocycles. The van der Waals surface area contributed by atoms with Gasteiger partial charge in [-0.3, -0.25) is 14.4 Å². The number of nitrogens with zero attached hydrogens (tertiary/aromatic N) is 2. The largest absolute Gasteiger partial charge is 0.494 e. The lowest BCUT2D eigenvalue weighted by Crippen LogP contribution is -2.35. The third-order valence-corrected chi connectivity index (χ3v) is 7.52. The molecule has 234 valence electrons. The van der Waals surface area contributed by atoms with E-state index in [0.717, 1.165) is 12.8 Å². The number of carbonyl (C=O) groups excluding carboxylic acids is 3. The number of nitrogens with one attached hydrogen (secondary N) is 1. The van der Waals surface area contributed by atoms with Gasteiger partial charge in [0.25, 0.3) is 11.8 Å². The molecule has 4 rings (SSSR count). The van der Waals surface area contributed by atoms with E-state index in [1.54, 1.807) is 66.0 Å². The van der Waals surface area contributed by atoms with Gasteiger partial charge in [0.05, 0.1) is 12.2 Å². The summed E-state index contributed by atoms with van der Waals surface area (Å²) in [5.74, 6) is -1.54. The highest BCUT2D eigenvalue weighted by atomic mass is 32.1. The smallest absolute Gasteiger partial charge is 0.343 e. The predicted octanol–water partition coefficient (Wildman–Crippen LogP) is 6.69. The fourth-order valence-corrected chi connectivity index (χ4v) is 4.92. The summed E-state index contributed by atoms with van der Waals surface area (Å²) in [6.45, 7) is 2.31. The Morgan fingerprint density at radius 2 is 1.51 bits per heavy atom. The molecule has 0 bridgehead atoms. The number of hydrogen-bond acceptors (Lipinski definition) is 8. The zero-order valence-corrected chi connectivity index (χ0v) is 25.8. The Bertz CT molecular complexity index is 1560. The number of hydrogen-bond donors (Lipinski definition) is 2. The van der Waals surface area contributed by atoms with Gasteiger partial charge in [-0.25, -0.2) is 9.78 Å². The highest BCUT2D eigenvalue weighted by Gasteiger charge is 2.20. The molecule has 0 atom stereocenters. The van der Waals surface area contributed by atoms with Gasteiger partial charge >= 0.3 is 11.9 Å². The van der Waals surface area contributed by atoms with Crippen LogP contribution in [-0.2, 0) is 11.3 Å². The zero-order valence-electron chi connectivity index (χ0n) is 24.9. The van der Waals surface area contributed by atoms with Crippen molar-refractivity contribution >= 4 is 40.8 Å². The van der Waals surface area contributed by atoms with Crippen LogP contribution >= 0.6 is 11.3 Å². The first kappa shape index (κ1) is 32.9. The molecule has 10 nitrogen and oxygen atoms in total. The molecule has 4 aromatic rings. The first-order valence-corrected chi connectivity index (χ1v) is 15.6. The minimum Gasteiger partial charge on any atom is -0.494 e. The summed E-state index contributed by atoms with van der Waals surface area (Å²) in [6, 6.07) is 19.5. The van der Waals surface area contributed by atoms with Crippen molar-refractivity contribution in [2.75, 3.05) is 18.5 Å². The number of ether oxygens (including phenoxy) is 2. The van der Waals surface area contributed by atoms with Gasteiger partial charge in [0.2, 0.25) is 0 Å². The standard InChI is InChI=1S/C34H35N3O7S/c1-2-3-4-5-6-20-43-28-17-11-26(12-18-28)34(42)44-29-15-7-24(8-16-29)22-37(23-30(38)39)33(41)25-9-13-27(14-10-25)36-31(40)32-35-19-21-45-32/h7-19,21H,2-6,20,22-23H2,1H3,(H,36,40)(H,38,39). The van der Waals surface area contributed by atoms with Crippen LogP contribution < -0.4 is 14.8 Å². The van der Waals surface area contributed by atoms with Crippen molar-refractivity contribution in [1.82, 2.24) is 9.88 Å². The van der Waals surface area contributed by atoms with Gasteiger partial charge in [-0.1, -0.05) is 44.7 Å². The molecule has 2 amide bonds. The van der Waals surface area contributed by atoms with Crippen molar-refractivity contribution in [2.45, 2.75) is 45.6 Å². The van der Waals surface area contributed by atoms with Crippen LogP contribution in [0.25, 0.3) is 0 Å². The Hall–Kier alpha value is -5.03. The first-order chi connectivity index (χ1) is 21.8. The molecule has 1 heterocycles. The molecule has 3 aromatic carbocycles. The fourth-order valence-electron chi connectivity index (χ4n) is 4.39. The lowest BCUT2D eigenvalue weighted by atomic mass is 10.1. The number of benzene rings is 3. The maximum atomic E-state index is 13.2. The van der Waals surface area contributed by atoms with Crippen molar-refractivity contribution in [2.24, 2.45) is 0 Å². The van der Waals surface area contributed by atoms with Crippen molar-refractivity contribution in [3.05, 3.63) is 106 Å². The van der Waals surface area contributed by atoms with Crippen molar-refractivity contribution in [3.63, 3.8) is 0 Å². The number of aromatic nitrogens is 1. The summed E-state index contributed by atoms with van der Waals surface area (Å²) in [4.78, 5) is 54.8. The topological polar surface area (TPSA) is 135 Å². The maximum absolute atomic E-state index is 13.2. The van der Waals surface area contributed by atoms with Gasteiger partial charge in [-0.05, 0) is 72.6 Å². The van der Waals surface area contributed by atoms with E-state index in [9.17, 15) is 24.3 Å². The van der Waals surface area contributed by atoms with Gasteiger partial charge in [-0.2, -0.15) is 0 Å². The highest BCUT2D eigenvalue weighted by molar-refractivity contribution is 7.11. The Balaban J connectivity index is 1.30. The number of carboxylic acids is 1. The molecule has 11 heteroatoms. The summed E-state index contributed by atoms with van der Waals surface area (Å²) >= 11 is 1.21. The van der Waals surface area contributed by atoms with Crippen molar-refractivity contribution < 1.29 is 33.8 Å². The van der Waals surface area contributed by atoms with E-state index in [4.69, 9.17) is 9.47 Å². The molecule has 0 radical (unpaired) electrons. The molecular formula is C34H35N3O7S. The van der Waals surface area contributed by atoms with E-state index in [0.29, 0.717) is 39.9 Å². The molecule has 0 saturated heterocycles. The van der Waals surface area contributed by atoms with Crippen LogP contribution in [0.2, 0.25) is 0 Å². The van der Waals surface area contributed by atoms with Crippen LogP contribution in [0.3, 0.4) is 0 Å². The van der Waals surface area contributed by atoms with E-state index in [2.05, 4.69) is 17.2 Å². The third kappa shape index (κ3) is 10.3. The van der Waals surface area contributed by atoms with Gasteiger partial charge in [0.1, 0.15) is 18.0 Å². The van der Waals surface area contributed by atoms with E-state index in [1.165, 1.54) is 53.8 Å². The van der Waals surface area contributed by atoms with Gasteiger partial charge in [0, 0.05) is 29.4 Å². The zero-order chi connectivity index (χ0) is 32.0. The molecule has 0 unspecified atom stereocenters. The van der Waals surface area contributed by atoms with Crippen molar-refractivity contribution in [1.29, 1.82) is 0 Å². The number of carbonyl (C=O) groups is 4. The number of amides is 2. The quantitative estimate of drug-likeness (QED) is 0.0795. The normalized spacial score (nSPS) is 10.6. The summed E-state index contributed by atoms with van der Waals surface area (Å²) in [7, 11) is 0. The molecule has 0 fully saturated rings. The van der Waals surface area contributed by atoms with Crippen LogP contribution in [0, 0.1) is 0 Å². The lowest BCUT2D eigenvalue weighted by Gasteiger charge is -2.21. The van der Waals surface area contributed by atoms with Crippen LogP contribution in [0.5, 0.6) is 11.5 Å². The molecule has 0 spiro atoms. The van der Waals surface area contributed by atoms with Gasteiger partial charge < -0.3 is 24.8 Å². The molecule has 45 heavy (non-hydrogen) atoms. The second-order valence-corrected chi connectivity index (χ2v) is 11.1. The van der Waals surface area contributed by atoms with E-state index in [-0.39, 0.29) is 18.0 Å². The molecule has 0 saturated carbocycles. The molecule has 0 aliphatic rings. The molecule has 2 N–H and O–H groups in total. The number of esters is 1. The molecular weight excluding hydrogens is 594 g/mol. The van der Waals surface area contributed by atoms with Gasteiger partial charge in [-0.15, -0.1) is 11.3 Å². The molecule has 1 aromatic heterocycles. The van der Waals surface area contributed by atoms with Crippen LogP contribution in [0.4, 0.5) is 5.69 Å². The second-order valence-electron chi connectivity index (χ2n) is 10.2. The Morgan fingerprint density at radius 3 is 2.16 bits per heavy atom. The maximum Gasteiger partial charge on any atom is 0.343 e. The highest BCUT2D eigenvalue weighted by Crippen LogP contribution is 2.20. The second kappa shape index (κ2) is 16.7. The average Bonchev–Trinajstić information content (AvgIpc) is 3.59. The fraction of sp³-hybridized carbons (Fsp3) is 0.265. The van der Waals surface area contributed by atoms with E-state index >= 15 is 0 Å². The summed E-state index contributed by atoms with van der Waals surface area (Å²) < 4.78 is 11.2. The third-order valence-electron chi connectivity index (χ3n) is 6.74. The minimum absolute atomic E-state index is 0.0158. The summed E-state index contributed by atoms with van der Waals surface area (Å²) in [5, 5.41) is 14.1. The summed E-state index contributed by atoms with van der Waals surface area (Å²) in [6.07, 6.45) is 7.30. The number of thiazole rings is 1. The Kier molecular flexibility index (Phi) is 12.2. The number of anilines is 1. The Labute approximate surface area is 265 Å². The number of rotatable bonds is 16. The van der Waals surface area contributed by atoms with E-state index < -0.39 is 24.4 Å². The van der Waals surface area contributed by atoms with Crippen molar-refractivity contribution in [3.8, 4) is 11.5 Å². The number of unbranched alkanes of at least 4 members (excludes halogenated alkanes) is 4. The average molecular weight is 630 g/mol. The number of aliphatic carboxylic acids is 1. The molecule has 0 aliphatic carbocycles.